The van der Waals surface area contributed by atoms with Crippen LogP contribution in [-0.4, -0.2) is 45.9 Å². The maximum atomic E-state index is 12.8. The lowest BCUT2D eigenvalue weighted by atomic mass is 9.89. The number of anilines is 3. The van der Waals surface area contributed by atoms with Gasteiger partial charge in [-0.05, 0) is 19.9 Å². The molecular formula is C20H22F3N5O3. The molecule has 11 heteroatoms. The molecule has 4 rings (SSSR count). The van der Waals surface area contributed by atoms with Crippen LogP contribution in [0.2, 0.25) is 0 Å². The van der Waals surface area contributed by atoms with Gasteiger partial charge in [0.15, 0.2) is 0 Å². The van der Waals surface area contributed by atoms with Crippen molar-refractivity contribution < 1.29 is 27.8 Å². The van der Waals surface area contributed by atoms with Crippen LogP contribution in [0.5, 0.6) is 5.75 Å². The van der Waals surface area contributed by atoms with Crippen molar-refractivity contribution in [1.29, 1.82) is 0 Å². The average molecular weight is 437 g/mol. The fraction of sp³-hybridized carbons (Fsp3) is 0.450. The molecule has 1 fully saturated rings. The van der Waals surface area contributed by atoms with Gasteiger partial charge in [0, 0.05) is 38.2 Å². The molecule has 8 nitrogen and oxygen atoms in total. The Kier molecular flexibility index (Phi) is 4.95. The molecule has 0 saturated heterocycles. The molecule has 2 aliphatic rings. The summed E-state index contributed by atoms with van der Waals surface area (Å²) < 4.78 is 44.0. The zero-order valence-electron chi connectivity index (χ0n) is 17.1. The van der Waals surface area contributed by atoms with Crippen molar-refractivity contribution in [2.24, 2.45) is 0 Å². The average Bonchev–Trinajstić information content (AvgIpc) is 2.66. The third-order valence-electron chi connectivity index (χ3n) is 5.65. The van der Waals surface area contributed by atoms with Gasteiger partial charge in [-0.15, -0.1) is 0 Å². The highest BCUT2D eigenvalue weighted by Crippen LogP contribution is 2.39. The van der Waals surface area contributed by atoms with E-state index in [-0.39, 0.29) is 17.9 Å². The zero-order chi connectivity index (χ0) is 22.6. The summed E-state index contributed by atoms with van der Waals surface area (Å²) >= 11 is 0. The highest BCUT2D eigenvalue weighted by molar-refractivity contribution is 6.05. The molecule has 31 heavy (non-hydrogen) atoms. The Balaban J connectivity index is 1.40. The number of aliphatic hydroxyl groups is 1. The maximum Gasteiger partial charge on any atom is 0.418 e. The third kappa shape index (κ3) is 3.97. The van der Waals surface area contributed by atoms with Crippen molar-refractivity contribution in [2.45, 2.75) is 50.7 Å². The Bertz CT molecular complexity index is 1020. The van der Waals surface area contributed by atoms with Gasteiger partial charge in [0.1, 0.15) is 17.7 Å². The molecule has 1 amide bonds. The number of likely N-dealkylation sites (N-methyl/N-ethyl adjacent to an activating group) is 1. The minimum Gasteiger partial charge on any atom is -0.489 e. The van der Waals surface area contributed by atoms with E-state index in [1.54, 1.807) is 20.0 Å². The van der Waals surface area contributed by atoms with E-state index in [1.807, 2.05) is 0 Å². The number of fused-ring (bicyclic) bond motifs is 1. The van der Waals surface area contributed by atoms with Crippen molar-refractivity contribution in [1.82, 2.24) is 9.97 Å². The molecule has 2 aromatic heterocycles. The normalized spacial score (nSPS) is 25.4. The highest BCUT2D eigenvalue weighted by atomic mass is 19.4. The van der Waals surface area contributed by atoms with E-state index >= 15 is 0 Å². The number of carbonyl (C=O) groups is 1. The van der Waals surface area contributed by atoms with Gasteiger partial charge >= 0.3 is 6.18 Å². The minimum absolute atomic E-state index is 0.0257. The lowest BCUT2D eigenvalue weighted by Crippen LogP contribution is -2.56. The van der Waals surface area contributed by atoms with Crippen LogP contribution in [0.4, 0.5) is 30.4 Å². The number of carbonyl (C=O) groups excluding carboxylic acids is 1. The monoisotopic (exact) mass is 437 g/mol. The fourth-order valence-electron chi connectivity index (χ4n) is 3.59. The molecular weight excluding hydrogens is 415 g/mol. The second kappa shape index (κ2) is 7.26. The van der Waals surface area contributed by atoms with Crippen molar-refractivity contribution in [2.75, 3.05) is 22.6 Å². The second-order valence-electron chi connectivity index (χ2n) is 7.98. The topological polar surface area (TPSA) is 99.6 Å². The van der Waals surface area contributed by atoms with Crippen molar-refractivity contribution >= 4 is 23.1 Å². The van der Waals surface area contributed by atoms with E-state index in [9.17, 15) is 23.1 Å². The maximum absolute atomic E-state index is 12.8. The largest absolute Gasteiger partial charge is 0.489 e. The molecule has 1 atom stereocenters. The predicted molar refractivity (Wildman–Crippen MR) is 107 cm³/mol. The number of hydrogen-bond acceptors (Lipinski definition) is 7. The molecule has 2 aromatic rings. The number of alkyl halides is 3. The first kappa shape index (κ1) is 21.2. The van der Waals surface area contributed by atoms with Crippen LogP contribution in [0, 0.1) is 6.92 Å². The number of aromatic nitrogens is 2. The van der Waals surface area contributed by atoms with Crippen LogP contribution in [-0.2, 0) is 11.0 Å². The number of nitrogens with zero attached hydrogens (tertiary/aromatic N) is 3. The summed E-state index contributed by atoms with van der Waals surface area (Å²) in [7, 11) is 1.62. The molecule has 0 unspecified atom stereocenters. The summed E-state index contributed by atoms with van der Waals surface area (Å²) in [6.07, 6.45) is -1.51. The second-order valence-corrected chi connectivity index (χ2v) is 7.98. The molecule has 3 heterocycles. The van der Waals surface area contributed by atoms with Gasteiger partial charge < -0.3 is 25.4 Å². The van der Waals surface area contributed by atoms with Gasteiger partial charge in [-0.25, -0.2) is 4.98 Å². The first-order valence-electron chi connectivity index (χ1n) is 9.70. The van der Waals surface area contributed by atoms with Crippen LogP contribution in [0.15, 0.2) is 24.5 Å². The number of aryl methyl sites for hydroxylation is 1. The third-order valence-corrected chi connectivity index (χ3v) is 5.65. The predicted octanol–water partition coefficient (Wildman–Crippen LogP) is 2.92. The number of nitrogens with one attached hydrogen (secondary N) is 2. The number of amides is 1. The van der Waals surface area contributed by atoms with Crippen molar-refractivity contribution in [3.63, 3.8) is 0 Å². The first-order chi connectivity index (χ1) is 14.4. The minimum atomic E-state index is -4.47. The molecule has 1 aliphatic carbocycles. The van der Waals surface area contributed by atoms with Crippen LogP contribution >= 0.6 is 0 Å². The van der Waals surface area contributed by atoms with Crippen LogP contribution in [0.1, 0.15) is 31.0 Å². The van der Waals surface area contributed by atoms with E-state index in [0.717, 1.165) is 12.3 Å². The molecule has 0 radical (unpaired) electrons. The molecule has 0 spiro atoms. The van der Waals surface area contributed by atoms with E-state index in [0.29, 0.717) is 35.7 Å². The zero-order valence-corrected chi connectivity index (χ0v) is 17.1. The summed E-state index contributed by atoms with van der Waals surface area (Å²) in [5.74, 6) is 0.121. The Labute approximate surface area is 176 Å². The molecule has 0 aromatic carbocycles. The number of pyridine rings is 2. The molecule has 1 saturated carbocycles. The van der Waals surface area contributed by atoms with Crippen LogP contribution in [0.3, 0.4) is 0 Å². The Hall–Kier alpha value is -3.08. The summed E-state index contributed by atoms with van der Waals surface area (Å²) in [6, 6.07) is 2.71. The Morgan fingerprint density at radius 1 is 1.32 bits per heavy atom. The van der Waals surface area contributed by atoms with Gasteiger partial charge in [0.25, 0.3) is 5.91 Å². The van der Waals surface area contributed by atoms with Crippen molar-refractivity contribution in [3.05, 3.63) is 35.8 Å². The molecule has 166 valence electrons. The van der Waals surface area contributed by atoms with Gasteiger partial charge in [0.2, 0.25) is 5.72 Å². The fourth-order valence-corrected chi connectivity index (χ4v) is 3.59. The smallest absolute Gasteiger partial charge is 0.418 e. The van der Waals surface area contributed by atoms with Crippen LogP contribution < -0.4 is 20.3 Å². The molecule has 0 bridgehead atoms. The molecule has 1 aliphatic heterocycles. The van der Waals surface area contributed by atoms with Gasteiger partial charge in [-0.1, -0.05) is 0 Å². The van der Waals surface area contributed by atoms with Crippen LogP contribution in [0.25, 0.3) is 0 Å². The summed E-state index contributed by atoms with van der Waals surface area (Å²) in [4.78, 5) is 21.6. The van der Waals surface area contributed by atoms with E-state index < -0.39 is 23.4 Å². The standard InChI is InChI=1S/C20H22F3N5O3/c1-10-17-15(28(3)19(2,30)18(29)27-17)7-16(25-10)26-12-5-13(6-12)31-14-4-11(8-24-9-14)20(21,22)23/h4,7-9,12-13,30H,5-6H2,1-3H3,(H,25,26)(H,27,29)/t12?,13?,19-/m0/s1. The van der Waals surface area contributed by atoms with E-state index in [1.165, 1.54) is 18.0 Å². The highest BCUT2D eigenvalue weighted by Gasteiger charge is 2.41. The summed E-state index contributed by atoms with van der Waals surface area (Å²) in [5.41, 5.74) is -0.775. The van der Waals surface area contributed by atoms with E-state index in [2.05, 4.69) is 20.6 Å². The SMILES string of the molecule is Cc1nc(NC2CC(Oc3cncc(C(F)(F)F)c3)C2)cc2c1NC(=O)[C@](C)(O)N2C. The lowest BCUT2D eigenvalue weighted by Gasteiger charge is -2.40. The summed E-state index contributed by atoms with van der Waals surface area (Å²) in [5, 5.41) is 16.4. The summed E-state index contributed by atoms with van der Waals surface area (Å²) in [6.45, 7) is 3.16. The first-order valence-corrected chi connectivity index (χ1v) is 9.70. The quantitative estimate of drug-likeness (QED) is 0.676. The lowest BCUT2D eigenvalue weighted by molar-refractivity contribution is -0.138. The Morgan fingerprint density at radius 3 is 2.71 bits per heavy atom. The Morgan fingerprint density at radius 2 is 2.03 bits per heavy atom. The van der Waals surface area contributed by atoms with Gasteiger partial charge in [0.05, 0.1) is 28.8 Å². The number of rotatable bonds is 4. The van der Waals surface area contributed by atoms with Gasteiger partial charge in [-0.2, -0.15) is 13.2 Å². The molecule has 3 N–H and O–H groups in total. The number of halogens is 3. The number of hydrogen-bond donors (Lipinski definition) is 3. The van der Waals surface area contributed by atoms with E-state index in [4.69, 9.17) is 4.74 Å². The van der Waals surface area contributed by atoms with Crippen molar-refractivity contribution in [3.8, 4) is 5.75 Å². The van der Waals surface area contributed by atoms with Gasteiger partial charge in [-0.3, -0.25) is 9.78 Å². The number of ether oxygens (including phenoxy) is 1.